The molecule has 2 aromatic carbocycles. The predicted molar refractivity (Wildman–Crippen MR) is 107 cm³/mol. The maximum Gasteiger partial charge on any atom is 0.251 e. The Morgan fingerprint density at radius 3 is 2.62 bits per heavy atom. The van der Waals surface area contributed by atoms with Gasteiger partial charge in [-0.1, -0.05) is 30.7 Å². The van der Waals surface area contributed by atoms with Crippen molar-refractivity contribution in [2.75, 3.05) is 17.2 Å². The third-order valence-electron chi connectivity index (χ3n) is 4.11. The van der Waals surface area contributed by atoms with E-state index in [-0.39, 0.29) is 24.4 Å². The molecule has 0 saturated heterocycles. The van der Waals surface area contributed by atoms with E-state index < -0.39 is 0 Å². The Labute approximate surface area is 159 Å². The molecule has 0 aliphatic carbocycles. The zero-order chi connectivity index (χ0) is 19.1. The smallest absolute Gasteiger partial charge is 0.251 e. The molecule has 2 amide bonds. The van der Waals surface area contributed by atoms with E-state index >= 15 is 0 Å². The van der Waals surface area contributed by atoms with Gasteiger partial charge in [-0.3, -0.25) is 9.59 Å². The molecular formula is C20H24ClN3O2. The molecule has 2 rings (SSSR count). The van der Waals surface area contributed by atoms with Gasteiger partial charge in [0, 0.05) is 28.0 Å². The van der Waals surface area contributed by atoms with Crippen LogP contribution in [0.15, 0.2) is 42.5 Å². The summed E-state index contributed by atoms with van der Waals surface area (Å²) in [6.07, 6.45) is 0.868. The number of carbonyl (C=O) groups excluding carboxylic acids is 2. The van der Waals surface area contributed by atoms with Gasteiger partial charge in [0.15, 0.2) is 0 Å². The second kappa shape index (κ2) is 9.25. The number of halogens is 1. The van der Waals surface area contributed by atoms with E-state index in [1.807, 2.05) is 26.8 Å². The van der Waals surface area contributed by atoms with Gasteiger partial charge in [-0.05, 0) is 56.2 Å². The lowest BCUT2D eigenvalue weighted by Gasteiger charge is -2.13. The maximum absolute atomic E-state index is 12.2. The average Bonchev–Trinajstić information content (AvgIpc) is 2.64. The van der Waals surface area contributed by atoms with Crippen LogP contribution in [0.4, 0.5) is 11.4 Å². The Hall–Kier alpha value is -2.53. The summed E-state index contributed by atoms with van der Waals surface area (Å²) in [6, 6.07) is 12.6. The van der Waals surface area contributed by atoms with Crippen LogP contribution in [0.3, 0.4) is 0 Å². The molecular weight excluding hydrogens is 350 g/mol. The van der Waals surface area contributed by atoms with Crippen LogP contribution in [0.25, 0.3) is 0 Å². The molecule has 2 aromatic rings. The number of nitrogens with one attached hydrogen (secondary N) is 3. The second-order valence-corrected chi connectivity index (χ2v) is 6.58. The number of rotatable bonds is 7. The molecule has 0 aliphatic heterocycles. The minimum absolute atomic E-state index is 0.0857. The molecule has 0 aromatic heterocycles. The van der Waals surface area contributed by atoms with Gasteiger partial charge < -0.3 is 16.0 Å². The molecule has 5 nitrogen and oxygen atoms in total. The third-order valence-corrected chi connectivity index (χ3v) is 4.52. The molecule has 6 heteroatoms. The van der Waals surface area contributed by atoms with Crippen molar-refractivity contribution in [2.45, 2.75) is 33.2 Å². The van der Waals surface area contributed by atoms with Crippen molar-refractivity contribution in [1.82, 2.24) is 5.32 Å². The molecule has 0 radical (unpaired) electrons. The SMILES string of the molecule is CCC(C)NC(=O)c1cccc(NCC(=O)Nc2cccc(Cl)c2C)c1. The molecule has 0 saturated carbocycles. The first-order chi connectivity index (χ1) is 12.4. The molecule has 138 valence electrons. The topological polar surface area (TPSA) is 70.2 Å². The summed E-state index contributed by atoms with van der Waals surface area (Å²) in [4.78, 5) is 24.3. The van der Waals surface area contributed by atoms with E-state index in [0.717, 1.165) is 12.0 Å². The van der Waals surface area contributed by atoms with E-state index in [9.17, 15) is 9.59 Å². The lowest BCUT2D eigenvalue weighted by molar-refractivity contribution is -0.114. The van der Waals surface area contributed by atoms with Gasteiger partial charge >= 0.3 is 0 Å². The van der Waals surface area contributed by atoms with Crippen LogP contribution >= 0.6 is 11.6 Å². The lowest BCUT2D eigenvalue weighted by Crippen LogP contribution is -2.31. The Kier molecular flexibility index (Phi) is 7.04. The minimum atomic E-state index is -0.190. The highest BCUT2D eigenvalue weighted by Crippen LogP contribution is 2.22. The number of hydrogen-bond donors (Lipinski definition) is 3. The highest BCUT2D eigenvalue weighted by atomic mass is 35.5. The zero-order valence-electron chi connectivity index (χ0n) is 15.2. The summed E-state index contributed by atoms with van der Waals surface area (Å²) in [5.41, 5.74) is 2.78. The molecule has 0 aliphatic rings. The Morgan fingerprint density at radius 2 is 1.88 bits per heavy atom. The van der Waals surface area contributed by atoms with Crippen molar-refractivity contribution in [3.05, 3.63) is 58.6 Å². The van der Waals surface area contributed by atoms with Gasteiger partial charge in [-0.25, -0.2) is 0 Å². The number of hydrogen-bond acceptors (Lipinski definition) is 3. The zero-order valence-corrected chi connectivity index (χ0v) is 16.0. The maximum atomic E-state index is 12.2. The van der Waals surface area contributed by atoms with E-state index in [2.05, 4.69) is 16.0 Å². The fourth-order valence-electron chi connectivity index (χ4n) is 2.30. The number of carbonyl (C=O) groups is 2. The minimum Gasteiger partial charge on any atom is -0.376 e. The van der Waals surface area contributed by atoms with Crippen LogP contribution in [-0.2, 0) is 4.79 Å². The van der Waals surface area contributed by atoms with Gasteiger partial charge in [-0.2, -0.15) is 0 Å². The summed E-state index contributed by atoms with van der Waals surface area (Å²) in [6.45, 7) is 5.92. The standard InChI is InChI=1S/C20H24ClN3O2/c1-4-13(2)23-20(26)15-7-5-8-16(11-15)22-12-19(25)24-18-10-6-9-17(21)14(18)3/h5-11,13,22H,4,12H2,1-3H3,(H,23,26)(H,24,25). The van der Waals surface area contributed by atoms with E-state index in [0.29, 0.717) is 22.0 Å². The number of benzene rings is 2. The molecule has 1 unspecified atom stereocenters. The molecule has 3 N–H and O–H groups in total. The van der Waals surface area contributed by atoms with Gasteiger partial charge in [0.05, 0.1) is 6.54 Å². The Morgan fingerprint density at radius 1 is 1.15 bits per heavy atom. The Balaban J connectivity index is 1.95. The third kappa shape index (κ3) is 5.49. The largest absolute Gasteiger partial charge is 0.376 e. The van der Waals surface area contributed by atoms with Crippen molar-refractivity contribution < 1.29 is 9.59 Å². The molecule has 0 bridgehead atoms. The van der Waals surface area contributed by atoms with Crippen molar-refractivity contribution in [3.63, 3.8) is 0 Å². The first-order valence-electron chi connectivity index (χ1n) is 8.60. The van der Waals surface area contributed by atoms with Gasteiger partial charge in [-0.15, -0.1) is 0 Å². The first-order valence-corrected chi connectivity index (χ1v) is 8.98. The predicted octanol–water partition coefficient (Wildman–Crippen LogP) is 4.23. The summed E-state index contributed by atoms with van der Waals surface area (Å²) < 4.78 is 0. The summed E-state index contributed by atoms with van der Waals surface area (Å²) in [5, 5.41) is 9.39. The Bertz CT molecular complexity index is 792. The normalized spacial score (nSPS) is 11.5. The van der Waals surface area contributed by atoms with Crippen molar-refractivity contribution in [3.8, 4) is 0 Å². The average molecular weight is 374 g/mol. The quantitative estimate of drug-likeness (QED) is 0.680. The van der Waals surface area contributed by atoms with Crippen molar-refractivity contribution >= 4 is 34.8 Å². The molecule has 0 spiro atoms. The van der Waals surface area contributed by atoms with Crippen LogP contribution in [0.2, 0.25) is 5.02 Å². The molecule has 1 atom stereocenters. The monoisotopic (exact) mass is 373 g/mol. The highest BCUT2D eigenvalue weighted by molar-refractivity contribution is 6.31. The summed E-state index contributed by atoms with van der Waals surface area (Å²) in [5.74, 6) is -0.313. The van der Waals surface area contributed by atoms with Gasteiger partial charge in [0.2, 0.25) is 5.91 Å². The van der Waals surface area contributed by atoms with Crippen molar-refractivity contribution in [2.24, 2.45) is 0 Å². The lowest BCUT2D eigenvalue weighted by atomic mass is 10.1. The molecule has 0 heterocycles. The second-order valence-electron chi connectivity index (χ2n) is 6.18. The van der Waals surface area contributed by atoms with Crippen LogP contribution in [0.1, 0.15) is 36.2 Å². The molecule has 26 heavy (non-hydrogen) atoms. The van der Waals surface area contributed by atoms with Crippen LogP contribution in [0, 0.1) is 6.92 Å². The van der Waals surface area contributed by atoms with Crippen molar-refractivity contribution in [1.29, 1.82) is 0 Å². The number of anilines is 2. The van der Waals surface area contributed by atoms with Gasteiger partial charge in [0.1, 0.15) is 0 Å². The van der Waals surface area contributed by atoms with Crippen LogP contribution in [0.5, 0.6) is 0 Å². The first kappa shape index (κ1) is 19.8. The van der Waals surface area contributed by atoms with E-state index in [1.54, 1.807) is 36.4 Å². The van der Waals surface area contributed by atoms with Gasteiger partial charge in [0.25, 0.3) is 5.91 Å². The van der Waals surface area contributed by atoms with E-state index in [4.69, 9.17) is 11.6 Å². The fourth-order valence-corrected chi connectivity index (χ4v) is 2.47. The summed E-state index contributed by atoms with van der Waals surface area (Å²) in [7, 11) is 0. The van der Waals surface area contributed by atoms with Crippen LogP contribution in [-0.4, -0.2) is 24.4 Å². The van der Waals surface area contributed by atoms with Crippen LogP contribution < -0.4 is 16.0 Å². The highest BCUT2D eigenvalue weighted by Gasteiger charge is 2.10. The fraction of sp³-hybridized carbons (Fsp3) is 0.300. The number of amides is 2. The summed E-state index contributed by atoms with van der Waals surface area (Å²) >= 11 is 6.06. The molecule has 0 fully saturated rings. The van der Waals surface area contributed by atoms with E-state index in [1.165, 1.54) is 0 Å².